The number of halogens is 3. The average molecular weight is 189 g/mol. The van der Waals surface area contributed by atoms with Crippen molar-refractivity contribution in [3.05, 3.63) is 0 Å². The Bertz CT molecular complexity index is 104. The van der Waals surface area contributed by atoms with E-state index in [2.05, 4.69) is 0 Å². The molecule has 0 radical (unpaired) electrons. The van der Waals surface area contributed by atoms with E-state index in [9.17, 15) is 0 Å². The number of hydrogen-bond acceptors (Lipinski definition) is 1. The number of hydrogen-bond donors (Lipinski definition) is 0. The Kier molecular flexibility index (Phi) is 2.49. The molecule has 0 saturated carbocycles. The predicted octanol–water partition coefficient (Wildman–Crippen LogP) is 2.54. The molecule has 1 fully saturated rings. The summed E-state index contributed by atoms with van der Waals surface area (Å²) < 4.78 is 3.82. The third kappa shape index (κ3) is 1.87. The molecule has 0 N–H and O–H groups in total. The van der Waals surface area contributed by atoms with E-state index in [1.165, 1.54) is 0 Å². The van der Waals surface area contributed by atoms with E-state index in [0.717, 1.165) is 12.8 Å². The van der Waals surface area contributed by atoms with Crippen molar-refractivity contribution < 1.29 is 4.74 Å². The van der Waals surface area contributed by atoms with Gasteiger partial charge in [-0.25, -0.2) is 0 Å². The first-order valence-electron chi connectivity index (χ1n) is 2.79. The maximum atomic E-state index is 5.72. The molecule has 1 saturated heterocycles. The van der Waals surface area contributed by atoms with E-state index in [1.54, 1.807) is 0 Å². The molecule has 1 heterocycles. The Hall–Kier alpha value is 0.830. The van der Waals surface area contributed by atoms with E-state index in [-0.39, 0.29) is 5.38 Å². The molecule has 4 heteroatoms. The largest absolute Gasteiger partial charge is 0.345 e. The van der Waals surface area contributed by atoms with E-state index in [1.807, 2.05) is 0 Å². The Morgan fingerprint density at radius 2 is 2.11 bits per heavy atom. The quantitative estimate of drug-likeness (QED) is 0.532. The van der Waals surface area contributed by atoms with Crippen LogP contribution in [0.3, 0.4) is 0 Å². The van der Waals surface area contributed by atoms with Gasteiger partial charge >= 0.3 is 0 Å². The van der Waals surface area contributed by atoms with Crippen LogP contribution in [-0.2, 0) is 4.74 Å². The Labute approximate surface area is 69.2 Å². The minimum absolute atomic E-state index is 0.269. The van der Waals surface area contributed by atoms with Crippen LogP contribution >= 0.6 is 34.8 Å². The third-order valence-corrected chi connectivity index (χ3v) is 2.76. The van der Waals surface area contributed by atoms with Gasteiger partial charge in [0, 0.05) is 0 Å². The van der Waals surface area contributed by atoms with Crippen LogP contribution < -0.4 is 0 Å². The fourth-order valence-corrected chi connectivity index (χ4v) is 1.32. The van der Waals surface area contributed by atoms with Crippen molar-refractivity contribution in [3.8, 4) is 0 Å². The minimum atomic E-state index is -1.15. The summed E-state index contributed by atoms with van der Waals surface area (Å²) in [7, 11) is 0. The summed E-state index contributed by atoms with van der Waals surface area (Å²) >= 11 is 17.0. The van der Waals surface area contributed by atoms with Crippen LogP contribution in [0.15, 0.2) is 0 Å². The second-order valence-corrected chi connectivity index (χ2v) is 3.86. The molecular weight excluding hydrogens is 182 g/mol. The van der Waals surface area contributed by atoms with Crippen LogP contribution in [0.1, 0.15) is 12.8 Å². The summed E-state index contributed by atoms with van der Waals surface area (Å²) in [5.74, 6) is 0. The Morgan fingerprint density at radius 3 is 2.44 bits per heavy atom. The molecule has 0 spiro atoms. The lowest BCUT2D eigenvalue weighted by molar-refractivity contribution is 0.0426. The highest BCUT2D eigenvalue weighted by Gasteiger charge is 2.36. The second kappa shape index (κ2) is 2.83. The zero-order valence-electron chi connectivity index (χ0n) is 4.74. The lowest BCUT2D eigenvalue weighted by Crippen LogP contribution is -2.34. The van der Waals surface area contributed by atoms with Crippen LogP contribution in [-0.4, -0.2) is 16.5 Å². The van der Waals surface area contributed by atoms with Crippen molar-refractivity contribution in [2.24, 2.45) is 0 Å². The van der Waals surface area contributed by atoms with Gasteiger partial charge in [-0.3, -0.25) is 0 Å². The average Bonchev–Trinajstić information content (AvgIpc) is 1.77. The summed E-state index contributed by atoms with van der Waals surface area (Å²) in [6.45, 7) is 0.607. The van der Waals surface area contributed by atoms with Crippen LogP contribution in [0, 0.1) is 0 Å². The molecule has 0 aromatic rings. The molecule has 0 aliphatic carbocycles. The zero-order valence-corrected chi connectivity index (χ0v) is 7.01. The van der Waals surface area contributed by atoms with Crippen LogP contribution in [0.5, 0.6) is 0 Å². The predicted molar refractivity (Wildman–Crippen MR) is 39.3 cm³/mol. The Balaban J connectivity index is 2.49. The summed E-state index contributed by atoms with van der Waals surface area (Å²) in [6, 6.07) is 0. The summed E-state index contributed by atoms with van der Waals surface area (Å²) in [6.07, 6.45) is 1.77. The number of alkyl halides is 3. The molecule has 0 bridgehead atoms. The van der Waals surface area contributed by atoms with Gasteiger partial charge in [0.25, 0.3) is 0 Å². The fourth-order valence-electron chi connectivity index (χ4n) is 0.729. The first kappa shape index (κ1) is 7.93. The van der Waals surface area contributed by atoms with Crippen molar-refractivity contribution >= 4 is 34.8 Å². The molecule has 1 rings (SSSR count). The van der Waals surface area contributed by atoms with Gasteiger partial charge in [0.2, 0.25) is 4.52 Å². The van der Waals surface area contributed by atoms with Gasteiger partial charge in [-0.15, -0.1) is 11.6 Å². The molecule has 9 heavy (non-hydrogen) atoms. The third-order valence-electron chi connectivity index (χ3n) is 1.26. The monoisotopic (exact) mass is 188 g/mol. The fraction of sp³-hybridized carbons (Fsp3) is 1.00. The van der Waals surface area contributed by atoms with Crippen molar-refractivity contribution in [2.45, 2.75) is 22.7 Å². The van der Waals surface area contributed by atoms with Crippen LogP contribution in [0.25, 0.3) is 0 Å². The van der Waals surface area contributed by atoms with Gasteiger partial charge in [0.15, 0.2) is 0 Å². The van der Waals surface area contributed by atoms with E-state index < -0.39 is 4.52 Å². The van der Waals surface area contributed by atoms with Gasteiger partial charge in [-0.05, 0) is 12.8 Å². The van der Waals surface area contributed by atoms with Gasteiger partial charge in [-0.1, -0.05) is 23.2 Å². The van der Waals surface area contributed by atoms with Gasteiger partial charge in [0.05, 0.1) is 12.0 Å². The van der Waals surface area contributed by atoms with Gasteiger partial charge in [-0.2, -0.15) is 0 Å². The maximum absolute atomic E-state index is 5.72. The van der Waals surface area contributed by atoms with Crippen molar-refractivity contribution in [3.63, 3.8) is 0 Å². The SMILES string of the molecule is ClC1CCCOC1(Cl)Cl. The number of ether oxygens (including phenoxy) is 1. The first-order valence-corrected chi connectivity index (χ1v) is 3.98. The lowest BCUT2D eigenvalue weighted by atomic mass is 10.2. The molecule has 1 atom stereocenters. The van der Waals surface area contributed by atoms with E-state index in [4.69, 9.17) is 39.5 Å². The molecule has 1 unspecified atom stereocenters. The summed E-state index contributed by atoms with van der Waals surface area (Å²) in [5, 5.41) is -0.269. The smallest absolute Gasteiger partial charge is 0.234 e. The van der Waals surface area contributed by atoms with Gasteiger partial charge < -0.3 is 4.74 Å². The molecule has 1 aliphatic heterocycles. The normalized spacial score (nSPS) is 34.3. The number of rotatable bonds is 0. The molecule has 0 amide bonds. The topological polar surface area (TPSA) is 9.23 Å². The van der Waals surface area contributed by atoms with E-state index >= 15 is 0 Å². The van der Waals surface area contributed by atoms with E-state index in [0.29, 0.717) is 6.61 Å². The summed E-state index contributed by atoms with van der Waals surface area (Å²) in [4.78, 5) is 0. The molecular formula is C5H7Cl3O. The summed E-state index contributed by atoms with van der Waals surface area (Å²) in [5.41, 5.74) is 0. The maximum Gasteiger partial charge on any atom is 0.234 e. The molecule has 54 valence electrons. The lowest BCUT2D eigenvalue weighted by Gasteiger charge is -2.29. The highest BCUT2D eigenvalue weighted by Crippen LogP contribution is 2.36. The highest BCUT2D eigenvalue weighted by atomic mass is 35.5. The molecule has 1 nitrogen and oxygen atoms in total. The first-order chi connectivity index (χ1) is 4.13. The minimum Gasteiger partial charge on any atom is -0.345 e. The second-order valence-electron chi connectivity index (χ2n) is 2.02. The van der Waals surface area contributed by atoms with Gasteiger partial charge in [0.1, 0.15) is 0 Å². The molecule has 1 aliphatic rings. The van der Waals surface area contributed by atoms with Crippen LogP contribution in [0.4, 0.5) is 0 Å². The zero-order chi connectivity index (χ0) is 6.91. The van der Waals surface area contributed by atoms with Crippen molar-refractivity contribution in [1.29, 1.82) is 0 Å². The standard InChI is InChI=1S/C5H7Cl3O/c6-4-2-1-3-9-5(4,7)8/h4H,1-3H2. The van der Waals surface area contributed by atoms with Crippen molar-refractivity contribution in [1.82, 2.24) is 0 Å². The molecule has 0 aromatic heterocycles. The van der Waals surface area contributed by atoms with Crippen LogP contribution in [0.2, 0.25) is 0 Å². The highest BCUT2D eigenvalue weighted by molar-refractivity contribution is 6.51. The molecule has 0 aromatic carbocycles. The van der Waals surface area contributed by atoms with Crippen molar-refractivity contribution in [2.75, 3.05) is 6.61 Å². The Morgan fingerprint density at radius 1 is 1.44 bits per heavy atom.